The molecule has 1 aliphatic rings. The van der Waals surface area contributed by atoms with Gasteiger partial charge in [-0.15, -0.1) is 0 Å². The van der Waals surface area contributed by atoms with Crippen molar-refractivity contribution in [2.45, 2.75) is 38.6 Å². The molecule has 0 amide bonds. The van der Waals surface area contributed by atoms with Crippen molar-refractivity contribution in [3.8, 4) is 0 Å². The highest BCUT2D eigenvalue weighted by molar-refractivity contribution is 6.35. The summed E-state index contributed by atoms with van der Waals surface area (Å²) in [5.74, 6) is -0.749. The maximum absolute atomic E-state index is 6.18. The zero-order valence-electron chi connectivity index (χ0n) is 10.0. The van der Waals surface area contributed by atoms with Gasteiger partial charge in [0.1, 0.15) is 0 Å². The maximum Gasteiger partial charge on any atom is 0.193 e. The summed E-state index contributed by atoms with van der Waals surface area (Å²) >= 11 is 12.1. The standard InChI is InChI=1S/C13H16Cl2O2/c1-3-4-10-8-16-13(2,17-10)11-6-5-9(14)7-12(11)15/h5-7,10H,3-4,8H2,1-2H3/t10-,13+/m0/s1. The largest absolute Gasteiger partial charge is 0.343 e. The Balaban J connectivity index is 2.21. The molecule has 0 aromatic heterocycles. The molecule has 0 spiro atoms. The van der Waals surface area contributed by atoms with Crippen LogP contribution in [0.5, 0.6) is 0 Å². The number of hydrogen-bond donors (Lipinski definition) is 0. The van der Waals surface area contributed by atoms with Crippen LogP contribution in [0.25, 0.3) is 0 Å². The Kier molecular flexibility index (Phi) is 3.99. The third-order valence-corrected chi connectivity index (χ3v) is 3.52. The van der Waals surface area contributed by atoms with Crippen molar-refractivity contribution in [1.82, 2.24) is 0 Å². The summed E-state index contributed by atoms with van der Waals surface area (Å²) in [5.41, 5.74) is 0.835. The van der Waals surface area contributed by atoms with E-state index in [-0.39, 0.29) is 6.10 Å². The SMILES string of the molecule is CCC[C@H]1CO[C@@](C)(c2ccc(Cl)cc2Cl)O1. The third-order valence-electron chi connectivity index (χ3n) is 2.97. The molecule has 17 heavy (non-hydrogen) atoms. The van der Waals surface area contributed by atoms with E-state index in [0.29, 0.717) is 16.7 Å². The normalized spacial score (nSPS) is 28.6. The van der Waals surface area contributed by atoms with E-state index in [9.17, 15) is 0 Å². The number of halogens is 2. The molecular formula is C13H16Cl2O2. The minimum atomic E-state index is -0.749. The van der Waals surface area contributed by atoms with Crippen LogP contribution >= 0.6 is 23.2 Å². The molecule has 4 heteroatoms. The zero-order valence-corrected chi connectivity index (χ0v) is 11.5. The van der Waals surface area contributed by atoms with Gasteiger partial charge in [-0.2, -0.15) is 0 Å². The average Bonchev–Trinajstić information content (AvgIpc) is 2.61. The van der Waals surface area contributed by atoms with E-state index >= 15 is 0 Å². The maximum atomic E-state index is 6.18. The Morgan fingerprint density at radius 1 is 1.41 bits per heavy atom. The van der Waals surface area contributed by atoms with Crippen LogP contribution in [0.4, 0.5) is 0 Å². The Labute approximate surface area is 112 Å². The lowest BCUT2D eigenvalue weighted by Crippen LogP contribution is -2.24. The molecule has 1 heterocycles. The highest BCUT2D eigenvalue weighted by atomic mass is 35.5. The van der Waals surface area contributed by atoms with Crippen LogP contribution < -0.4 is 0 Å². The highest BCUT2D eigenvalue weighted by Gasteiger charge is 2.39. The molecule has 0 saturated carbocycles. The molecule has 0 radical (unpaired) electrons. The van der Waals surface area contributed by atoms with Gasteiger partial charge in [0.2, 0.25) is 0 Å². The Morgan fingerprint density at radius 3 is 2.82 bits per heavy atom. The van der Waals surface area contributed by atoms with Crippen molar-refractivity contribution in [2.24, 2.45) is 0 Å². The molecule has 1 aromatic rings. The van der Waals surface area contributed by atoms with Gasteiger partial charge in [-0.25, -0.2) is 0 Å². The van der Waals surface area contributed by atoms with Crippen LogP contribution in [0.15, 0.2) is 18.2 Å². The quantitative estimate of drug-likeness (QED) is 0.814. The lowest BCUT2D eigenvalue weighted by atomic mass is 10.1. The second-order valence-electron chi connectivity index (χ2n) is 4.41. The van der Waals surface area contributed by atoms with E-state index in [0.717, 1.165) is 18.4 Å². The van der Waals surface area contributed by atoms with Gasteiger partial charge in [0.25, 0.3) is 0 Å². The molecule has 0 unspecified atom stereocenters. The lowest BCUT2D eigenvalue weighted by molar-refractivity contribution is -0.162. The fourth-order valence-electron chi connectivity index (χ4n) is 2.10. The van der Waals surface area contributed by atoms with E-state index in [2.05, 4.69) is 6.92 Å². The summed E-state index contributed by atoms with van der Waals surface area (Å²) in [6, 6.07) is 5.37. The Hall–Kier alpha value is -0.280. The summed E-state index contributed by atoms with van der Waals surface area (Å²) < 4.78 is 11.7. The topological polar surface area (TPSA) is 18.5 Å². The van der Waals surface area contributed by atoms with E-state index in [1.54, 1.807) is 12.1 Å². The first kappa shape index (κ1) is 13.2. The minimum Gasteiger partial charge on any atom is -0.343 e. The summed E-state index contributed by atoms with van der Waals surface area (Å²) in [4.78, 5) is 0. The van der Waals surface area contributed by atoms with Gasteiger partial charge in [-0.1, -0.05) is 42.6 Å². The van der Waals surface area contributed by atoms with E-state index in [1.165, 1.54) is 0 Å². The minimum absolute atomic E-state index is 0.150. The first-order valence-electron chi connectivity index (χ1n) is 5.82. The van der Waals surface area contributed by atoms with Crippen molar-refractivity contribution in [1.29, 1.82) is 0 Å². The van der Waals surface area contributed by atoms with Gasteiger partial charge in [0.05, 0.1) is 17.7 Å². The van der Waals surface area contributed by atoms with Crippen molar-refractivity contribution in [3.63, 3.8) is 0 Å². The molecule has 94 valence electrons. The van der Waals surface area contributed by atoms with Crippen LogP contribution in [0.1, 0.15) is 32.3 Å². The molecule has 2 nitrogen and oxygen atoms in total. The fourth-order valence-corrected chi connectivity index (χ4v) is 2.68. The predicted octanol–water partition coefficient (Wildman–Crippen LogP) is 4.38. The van der Waals surface area contributed by atoms with Gasteiger partial charge < -0.3 is 9.47 Å². The van der Waals surface area contributed by atoms with Crippen LogP contribution in [0.3, 0.4) is 0 Å². The summed E-state index contributed by atoms with van der Waals surface area (Å²) in [5, 5.41) is 1.20. The van der Waals surface area contributed by atoms with Gasteiger partial charge in [-0.05, 0) is 25.5 Å². The van der Waals surface area contributed by atoms with E-state index in [1.807, 2.05) is 13.0 Å². The molecule has 2 atom stereocenters. The van der Waals surface area contributed by atoms with Crippen molar-refractivity contribution in [3.05, 3.63) is 33.8 Å². The number of ether oxygens (including phenoxy) is 2. The monoisotopic (exact) mass is 274 g/mol. The van der Waals surface area contributed by atoms with Gasteiger partial charge in [0, 0.05) is 10.6 Å². The van der Waals surface area contributed by atoms with Gasteiger partial charge in [-0.3, -0.25) is 0 Å². The molecule has 2 rings (SSSR count). The van der Waals surface area contributed by atoms with Crippen molar-refractivity contribution in [2.75, 3.05) is 6.61 Å². The molecule has 1 aromatic carbocycles. The van der Waals surface area contributed by atoms with Crippen molar-refractivity contribution < 1.29 is 9.47 Å². The van der Waals surface area contributed by atoms with Crippen LogP contribution in [0.2, 0.25) is 10.0 Å². The molecule has 0 bridgehead atoms. The van der Waals surface area contributed by atoms with E-state index in [4.69, 9.17) is 32.7 Å². The summed E-state index contributed by atoms with van der Waals surface area (Å²) in [6.45, 7) is 4.65. The Morgan fingerprint density at radius 2 is 2.18 bits per heavy atom. The smallest absolute Gasteiger partial charge is 0.193 e. The number of hydrogen-bond acceptors (Lipinski definition) is 2. The third kappa shape index (κ3) is 2.76. The van der Waals surface area contributed by atoms with Crippen molar-refractivity contribution >= 4 is 23.2 Å². The second kappa shape index (κ2) is 5.15. The molecule has 0 aliphatic carbocycles. The summed E-state index contributed by atoms with van der Waals surface area (Å²) in [7, 11) is 0. The van der Waals surface area contributed by atoms with Crippen LogP contribution in [-0.4, -0.2) is 12.7 Å². The number of rotatable bonds is 3. The predicted molar refractivity (Wildman–Crippen MR) is 69.5 cm³/mol. The first-order chi connectivity index (χ1) is 8.05. The molecule has 1 fully saturated rings. The van der Waals surface area contributed by atoms with Gasteiger partial charge in [0.15, 0.2) is 5.79 Å². The van der Waals surface area contributed by atoms with Crippen LogP contribution in [0, 0.1) is 0 Å². The molecule has 1 aliphatic heterocycles. The average molecular weight is 275 g/mol. The molecular weight excluding hydrogens is 259 g/mol. The highest BCUT2D eigenvalue weighted by Crippen LogP contribution is 2.39. The number of benzene rings is 1. The fraction of sp³-hybridized carbons (Fsp3) is 0.538. The van der Waals surface area contributed by atoms with Crippen LogP contribution in [-0.2, 0) is 15.3 Å². The molecule has 1 saturated heterocycles. The zero-order chi connectivity index (χ0) is 12.5. The van der Waals surface area contributed by atoms with Gasteiger partial charge >= 0.3 is 0 Å². The second-order valence-corrected chi connectivity index (χ2v) is 5.25. The molecule has 0 N–H and O–H groups in total. The van der Waals surface area contributed by atoms with E-state index < -0.39 is 5.79 Å². The summed E-state index contributed by atoms with van der Waals surface area (Å²) in [6.07, 6.45) is 2.23. The lowest BCUT2D eigenvalue weighted by Gasteiger charge is -2.25. The Bertz CT molecular complexity index is 408. The first-order valence-corrected chi connectivity index (χ1v) is 6.58.